The predicted octanol–water partition coefficient (Wildman–Crippen LogP) is 0.120. The fourth-order valence-electron chi connectivity index (χ4n) is 1.89. The van der Waals surface area contributed by atoms with E-state index in [1.54, 1.807) is 7.11 Å². The van der Waals surface area contributed by atoms with Gasteiger partial charge in [0.15, 0.2) is 0 Å². The molecule has 0 fully saturated rings. The number of rotatable bonds is 7. The summed E-state index contributed by atoms with van der Waals surface area (Å²) in [6, 6.07) is 7.66. The van der Waals surface area contributed by atoms with Gasteiger partial charge in [-0.25, -0.2) is 0 Å². The number of ether oxygens (including phenoxy) is 1. The number of hydrogen-bond acceptors (Lipinski definition) is 7. The zero-order chi connectivity index (χ0) is 17.5. The van der Waals surface area contributed by atoms with Crippen LogP contribution in [-0.2, 0) is 11.2 Å². The zero-order valence-electron chi connectivity index (χ0n) is 13.5. The van der Waals surface area contributed by atoms with Crippen molar-refractivity contribution < 1.29 is 9.53 Å². The molecule has 0 aliphatic rings. The summed E-state index contributed by atoms with van der Waals surface area (Å²) in [6.45, 7) is 2.04. The Morgan fingerprint density at radius 1 is 1.33 bits per heavy atom. The quantitative estimate of drug-likeness (QED) is 0.539. The highest BCUT2D eigenvalue weighted by molar-refractivity contribution is 7.99. The van der Waals surface area contributed by atoms with E-state index in [4.69, 9.17) is 10.6 Å². The van der Waals surface area contributed by atoms with Gasteiger partial charge in [0.05, 0.1) is 12.9 Å². The molecule has 0 aliphatic heterocycles. The van der Waals surface area contributed by atoms with E-state index in [0.29, 0.717) is 13.0 Å². The van der Waals surface area contributed by atoms with Crippen molar-refractivity contribution in [2.45, 2.75) is 18.5 Å². The number of amides is 1. The topological polar surface area (TPSA) is 112 Å². The van der Waals surface area contributed by atoms with Crippen LogP contribution in [0, 0.1) is 6.92 Å². The van der Waals surface area contributed by atoms with Crippen LogP contribution in [0.2, 0.25) is 0 Å². The first-order valence-electron chi connectivity index (χ1n) is 7.25. The molecule has 9 heteroatoms. The lowest BCUT2D eigenvalue weighted by molar-refractivity contribution is -0.118. The SMILES string of the molecule is COc1ccc(CCNC(=O)CSc2nnc(C)c(=O)n2N)cc1. The third-order valence-electron chi connectivity index (χ3n) is 3.25. The second kappa shape index (κ2) is 8.34. The maximum atomic E-state index is 11.8. The molecule has 0 saturated carbocycles. The van der Waals surface area contributed by atoms with Gasteiger partial charge < -0.3 is 15.9 Å². The summed E-state index contributed by atoms with van der Waals surface area (Å²) in [5.74, 6) is 6.35. The molecule has 0 bridgehead atoms. The molecule has 1 aromatic carbocycles. The van der Waals surface area contributed by atoms with E-state index in [1.165, 1.54) is 6.92 Å². The van der Waals surface area contributed by atoms with Crippen LogP contribution in [0.4, 0.5) is 0 Å². The van der Waals surface area contributed by atoms with Crippen molar-refractivity contribution in [2.24, 2.45) is 0 Å². The molecule has 1 heterocycles. The van der Waals surface area contributed by atoms with Gasteiger partial charge in [-0.1, -0.05) is 23.9 Å². The van der Waals surface area contributed by atoms with Crippen molar-refractivity contribution in [2.75, 3.05) is 25.3 Å². The Morgan fingerprint density at radius 3 is 2.71 bits per heavy atom. The van der Waals surface area contributed by atoms with Crippen molar-refractivity contribution in [1.82, 2.24) is 20.2 Å². The van der Waals surface area contributed by atoms with E-state index in [1.807, 2.05) is 24.3 Å². The number of nitrogens with one attached hydrogen (secondary N) is 1. The van der Waals surface area contributed by atoms with E-state index in [0.717, 1.165) is 27.8 Å². The molecule has 128 valence electrons. The van der Waals surface area contributed by atoms with E-state index < -0.39 is 5.56 Å². The first-order chi connectivity index (χ1) is 11.5. The number of methoxy groups -OCH3 is 1. The Bertz CT molecular complexity index is 761. The van der Waals surface area contributed by atoms with Crippen molar-refractivity contribution >= 4 is 17.7 Å². The zero-order valence-corrected chi connectivity index (χ0v) is 14.3. The van der Waals surface area contributed by atoms with Crippen molar-refractivity contribution in [1.29, 1.82) is 0 Å². The van der Waals surface area contributed by atoms with Crippen molar-refractivity contribution in [3.63, 3.8) is 0 Å². The molecular formula is C15H19N5O3S. The number of benzene rings is 1. The molecule has 0 unspecified atom stereocenters. The third-order valence-corrected chi connectivity index (χ3v) is 4.19. The summed E-state index contributed by atoms with van der Waals surface area (Å²) in [7, 11) is 1.62. The standard InChI is InChI=1S/C15H19N5O3S/c1-10-14(22)20(16)15(19-18-10)24-9-13(21)17-8-7-11-3-5-12(23-2)6-4-11/h3-6H,7-9,16H2,1-2H3,(H,17,21). The number of aryl methyl sites for hydroxylation is 1. The largest absolute Gasteiger partial charge is 0.497 e. The lowest BCUT2D eigenvalue weighted by Gasteiger charge is -2.07. The minimum Gasteiger partial charge on any atom is -0.497 e. The molecule has 8 nitrogen and oxygen atoms in total. The van der Waals surface area contributed by atoms with Crippen LogP contribution in [-0.4, -0.2) is 40.2 Å². The fraction of sp³-hybridized carbons (Fsp3) is 0.333. The summed E-state index contributed by atoms with van der Waals surface area (Å²) in [5.41, 5.74) is 0.891. The van der Waals surface area contributed by atoms with Crippen LogP contribution in [0.25, 0.3) is 0 Å². The summed E-state index contributed by atoms with van der Waals surface area (Å²) in [5, 5.41) is 10.5. The van der Waals surface area contributed by atoms with Crippen LogP contribution >= 0.6 is 11.8 Å². The van der Waals surface area contributed by atoms with E-state index in [9.17, 15) is 9.59 Å². The summed E-state index contributed by atoms with van der Waals surface area (Å²) in [6.07, 6.45) is 0.715. The second-order valence-electron chi connectivity index (χ2n) is 4.98. The van der Waals surface area contributed by atoms with Gasteiger partial charge in [-0.15, -0.1) is 10.2 Å². The van der Waals surface area contributed by atoms with Crippen LogP contribution in [0.5, 0.6) is 5.75 Å². The van der Waals surface area contributed by atoms with Gasteiger partial charge in [0.25, 0.3) is 5.56 Å². The average Bonchev–Trinajstić information content (AvgIpc) is 2.59. The maximum Gasteiger partial charge on any atom is 0.294 e. The first kappa shape index (κ1) is 17.8. The van der Waals surface area contributed by atoms with Gasteiger partial charge in [-0.3, -0.25) is 9.59 Å². The highest BCUT2D eigenvalue weighted by atomic mass is 32.2. The number of carbonyl (C=O) groups excluding carboxylic acids is 1. The third kappa shape index (κ3) is 4.72. The van der Waals surface area contributed by atoms with Gasteiger partial charge in [0, 0.05) is 6.54 Å². The fourth-order valence-corrected chi connectivity index (χ4v) is 2.57. The highest BCUT2D eigenvalue weighted by Crippen LogP contribution is 2.12. The van der Waals surface area contributed by atoms with Gasteiger partial charge in [-0.05, 0) is 31.0 Å². The van der Waals surface area contributed by atoms with Crippen LogP contribution in [0.1, 0.15) is 11.3 Å². The number of nitrogen functional groups attached to an aromatic ring is 1. The first-order valence-corrected chi connectivity index (χ1v) is 8.23. The van der Waals surface area contributed by atoms with E-state index in [2.05, 4.69) is 15.5 Å². The molecule has 0 atom stereocenters. The number of carbonyl (C=O) groups is 1. The Labute approximate surface area is 143 Å². The molecule has 2 aromatic rings. The molecule has 0 radical (unpaired) electrons. The monoisotopic (exact) mass is 349 g/mol. The molecule has 1 amide bonds. The van der Waals surface area contributed by atoms with Gasteiger partial charge >= 0.3 is 0 Å². The Balaban J connectivity index is 1.77. The molecule has 0 saturated heterocycles. The number of aromatic nitrogens is 3. The van der Waals surface area contributed by atoms with Gasteiger partial charge in [0.2, 0.25) is 11.1 Å². The van der Waals surface area contributed by atoms with Crippen LogP contribution < -0.4 is 21.5 Å². The second-order valence-corrected chi connectivity index (χ2v) is 5.92. The highest BCUT2D eigenvalue weighted by Gasteiger charge is 2.10. The number of thioether (sulfide) groups is 1. The van der Waals surface area contributed by atoms with Crippen molar-refractivity contribution in [3.8, 4) is 5.75 Å². The molecule has 3 N–H and O–H groups in total. The predicted molar refractivity (Wildman–Crippen MR) is 91.6 cm³/mol. The molecular weight excluding hydrogens is 330 g/mol. The van der Waals surface area contributed by atoms with Crippen molar-refractivity contribution in [3.05, 3.63) is 45.9 Å². The Hall–Kier alpha value is -2.55. The lowest BCUT2D eigenvalue weighted by atomic mass is 10.1. The number of nitrogens with zero attached hydrogens (tertiary/aromatic N) is 3. The van der Waals surface area contributed by atoms with Crippen LogP contribution in [0.3, 0.4) is 0 Å². The Morgan fingerprint density at radius 2 is 2.04 bits per heavy atom. The minimum atomic E-state index is -0.424. The summed E-state index contributed by atoms with van der Waals surface area (Å²) < 4.78 is 5.99. The molecule has 0 aliphatic carbocycles. The normalized spacial score (nSPS) is 10.4. The van der Waals surface area contributed by atoms with Crippen LogP contribution in [0.15, 0.2) is 34.2 Å². The summed E-state index contributed by atoms with van der Waals surface area (Å²) in [4.78, 5) is 23.5. The molecule has 0 spiro atoms. The van der Waals surface area contributed by atoms with Gasteiger partial charge in [0.1, 0.15) is 11.4 Å². The average molecular weight is 349 g/mol. The maximum absolute atomic E-state index is 11.8. The number of nitrogens with two attached hydrogens (primary N) is 1. The summed E-state index contributed by atoms with van der Waals surface area (Å²) >= 11 is 1.06. The lowest BCUT2D eigenvalue weighted by Crippen LogP contribution is -2.33. The molecule has 1 aromatic heterocycles. The van der Waals surface area contributed by atoms with Gasteiger partial charge in [-0.2, -0.15) is 4.68 Å². The minimum absolute atomic E-state index is 0.108. The van der Waals surface area contributed by atoms with E-state index >= 15 is 0 Å². The molecule has 2 rings (SSSR count). The van der Waals surface area contributed by atoms with E-state index in [-0.39, 0.29) is 22.5 Å². The smallest absolute Gasteiger partial charge is 0.294 e. The molecule has 24 heavy (non-hydrogen) atoms. The number of hydrogen-bond donors (Lipinski definition) is 2. The Kier molecular flexibility index (Phi) is 6.19.